The minimum atomic E-state index is -0.325. The van der Waals surface area contributed by atoms with Crippen LogP contribution in [0.2, 0.25) is 10.0 Å². The second-order valence-corrected chi connectivity index (χ2v) is 6.56. The molecule has 4 rings (SSSR count). The Kier molecular flexibility index (Phi) is 4.37. The molecule has 2 heterocycles. The monoisotopic (exact) mass is 381 g/mol. The molecule has 0 unspecified atom stereocenters. The first kappa shape index (κ1) is 16.6. The van der Waals surface area contributed by atoms with Gasteiger partial charge in [0.05, 0.1) is 22.0 Å². The van der Waals surface area contributed by atoms with Gasteiger partial charge in [-0.15, -0.1) is 0 Å². The number of nitrogens with zero attached hydrogens (tertiary/aromatic N) is 2. The lowest BCUT2D eigenvalue weighted by atomic mass is 10.1. The molecule has 2 aromatic carbocycles. The molecule has 26 heavy (non-hydrogen) atoms. The highest BCUT2D eigenvalue weighted by Crippen LogP contribution is 2.29. The molecule has 0 saturated heterocycles. The molecule has 0 spiro atoms. The van der Waals surface area contributed by atoms with Gasteiger partial charge in [0.15, 0.2) is 0 Å². The summed E-state index contributed by atoms with van der Waals surface area (Å²) in [5, 5.41) is 3.70. The Balaban J connectivity index is 1.72. The van der Waals surface area contributed by atoms with Crippen molar-refractivity contribution in [2.24, 2.45) is 0 Å². The third kappa shape index (κ3) is 3.17. The number of para-hydroxylation sites is 1. The average Bonchev–Trinajstić information content (AvgIpc) is 3.08. The molecule has 0 aliphatic rings. The van der Waals surface area contributed by atoms with E-state index in [0.717, 1.165) is 16.9 Å². The van der Waals surface area contributed by atoms with E-state index in [9.17, 15) is 4.79 Å². The number of amides is 1. The third-order valence-corrected chi connectivity index (χ3v) is 4.55. The highest BCUT2D eigenvalue weighted by Gasteiger charge is 2.15. The van der Waals surface area contributed by atoms with Gasteiger partial charge in [0.1, 0.15) is 5.65 Å². The summed E-state index contributed by atoms with van der Waals surface area (Å²) < 4.78 is 1.93. The number of imidazole rings is 1. The van der Waals surface area contributed by atoms with E-state index in [-0.39, 0.29) is 5.91 Å². The Morgan fingerprint density at radius 2 is 1.81 bits per heavy atom. The van der Waals surface area contributed by atoms with Gasteiger partial charge in [-0.2, -0.15) is 0 Å². The fourth-order valence-electron chi connectivity index (χ4n) is 2.74. The van der Waals surface area contributed by atoms with Gasteiger partial charge >= 0.3 is 0 Å². The van der Waals surface area contributed by atoms with Gasteiger partial charge in [-0.05, 0) is 36.4 Å². The van der Waals surface area contributed by atoms with E-state index in [4.69, 9.17) is 23.2 Å². The zero-order valence-electron chi connectivity index (χ0n) is 13.5. The smallest absolute Gasteiger partial charge is 0.257 e. The largest absolute Gasteiger partial charge is 0.321 e. The zero-order chi connectivity index (χ0) is 18.1. The number of aromatic nitrogens is 2. The van der Waals surface area contributed by atoms with Crippen LogP contribution in [0.1, 0.15) is 10.4 Å². The van der Waals surface area contributed by atoms with Gasteiger partial charge in [0.25, 0.3) is 5.91 Å². The summed E-state index contributed by atoms with van der Waals surface area (Å²) in [5.74, 6) is -0.325. The maximum atomic E-state index is 12.7. The predicted molar refractivity (Wildman–Crippen MR) is 105 cm³/mol. The maximum absolute atomic E-state index is 12.7. The molecule has 1 N–H and O–H groups in total. The van der Waals surface area contributed by atoms with Crippen LogP contribution in [-0.2, 0) is 0 Å². The molecule has 128 valence electrons. The molecule has 0 saturated carbocycles. The van der Waals surface area contributed by atoms with E-state index in [1.54, 1.807) is 18.2 Å². The van der Waals surface area contributed by atoms with Crippen LogP contribution in [-0.4, -0.2) is 15.3 Å². The van der Waals surface area contributed by atoms with Crippen molar-refractivity contribution in [1.29, 1.82) is 0 Å². The van der Waals surface area contributed by atoms with Gasteiger partial charge < -0.3 is 9.72 Å². The molecule has 1 amide bonds. The minimum absolute atomic E-state index is 0.323. The molecule has 0 bridgehead atoms. The van der Waals surface area contributed by atoms with Crippen LogP contribution in [0, 0.1) is 0 Å². The van der Waals surface area contributed by atoms with Crippen molar-refractivity contribution in [1.82, 2.24) is 9.38 Å². The first-order valence-corrected chi connectivity index (χ1v) is 8.67. The quantitative estimate of drug-likeness (QED) is 0.504. The van der Waals surface area contributed by atoms with Crippen molar-refractivity contribution < 1.29 is 4.79 Å². The summed E-state index contributed by atoms with van der Waals surface area (Å²) >= 11 is 12.1. The Morgan fingerprint density at radius 3 is 2.65 bits per heavy atom. The van der Waals surface area contributed by atoms with Crippen molar-refractivity contribution in [3.05, 3.63) is 88.7 Å². The second-order valence-electron chi connectivity index (χ2n) is 5.72. The summed E-state index contributed by atoms with van der Waals surface area (Å²) in [6.45, 7) is 0. The minimum Gasteiger partial charge on any atom is -0.321 e. The van der Waals surface area contributed by atoms with Crippen molar-refractivity contribution in [2.75, 3.05) is 5.32 Å². The zero-order valence-corrected chi connectivity index (χ0v) is 15.0. The number of nitrogens with one attached hydrogen (secondary N) is 1. The number of halogens is 2. The Hall–Kier alpha value is -2.82. The maximum Gasteiger partial charge on any atom is 0.257 e. The number of carbonyl (C=O) groups is 1. The number of hydrogen-bond donors (Lipinski definition) is 1. The summed E-state index contributed by atoms with van der Waals surface area (Å²) in [6.07, 6.45) is 3.85. The van der Waals surface area contributed by atoms with Crippen molar-refractivity contribution in [2.45, 2.75) is 0 Å². The SMILES string of the molecule is O=C(Nc1ccccc1-c1cn2ccccc2n1)c1cc(Cl)ccc1Cl. The van der Waals surface area contributed by atoms with Crippen molar-refractivity contribution in [3.8, 4) is 11.3 Å². The number of pyridine rings is 1. The standard InChI is InChI=1S/C20H13Cl2N3O/c21-13-8-9-16(22)15(11-13)20(26)24-17-6-2-1-5-14(17)18-12-25-10-4-3-7-19(25)23-18/h1-12H,(H,24,26). The fraction of sp³-hybridized carbons (Fsp3) is 0. The molecule has 0 radical (unpaired) electrons. The number of hydrogen-bond acceptors (Lipinski definition) is 2. The Morgan fingerprint density at radius 1 is 1.00 bits per heavy atom. The van der Waals surface area contributed by atoms with Gasteiger partial charge in [-0.1, -0.05) is 47.5 Å². The van der Waals surface area contributed by atoms with Crippen LogP contribution in [0.15, 0.2) is 73.1 Å². The second kappa shape index (κ2) is 6.83. The number of carbonyl (C=O) groups excluding carboxylic acids is 1. The average molecular weight is 382 g/mol. The van der Waals surface area contributed by atoms with Gasteiger partial charge in [0, 0.05) is 23.0 Å². The van der Waals surface area contributed by atoms with E-state index in [1.807, 2.05) is 59.3 Å². The van der Waals surface area contributed by atoms with Gasteiger partial charge in [0.2, 0.25) is 0 Å². The number of rotatable bonds is 3. The van der Waals surface area contributed by atoms with E-state index >= 15 is 0 Å². The lowest BCUT2D eigenvalue weighted by molar-refractivity contribution is 0.102. The van der Waals surface area contributed by atoms with Gasteiger partial charge in [-0.3, -0.25) is 4.79 Å². The van der Waals surface area contributed by atoms with Crippen LogP contribution < -0.4 is 5.32 Å². The molecule has 0 aliphatic carbocycles. The summed E-state index contributed by atoms with van der Waals surface area (Å²) in [5.41, 5.74) is 3.40. The topological polar surface area (TPSA) is 46.4 Å². The molecule has 4 aromatic rings. The van der Waals surface area contributed by atoms with Crippen molar-refractivity contribution in [3.63, 3.8) is 0 Å². The molecule has 0 atom stereocenters. The third-order valence-electron chi connectivity index (χ3n) is 3.99. The lowest BCUT2D eigenvalue weighted by Gasteiger charge is -2.10. The summed E-state index contributed by atoms with van der Waals surface area (Å²) in [4.78, 5) is 17.3. The van der Waals surface area contributed by atoms with Crippen LogP contribution in [0.25, 0.3) is 16.9 Å². The molecular formula is C20H13Cl2N3O. The lowest BCUT2D eigenvalue weighted by Crippen LogP contribution is -2.13. The van der Waals surface area contributed by atoms with Crippen LogP contribution in [0.5, 0.6) is 0 Å². The number of fused-ring (bicyclic) bond motifs is 1. The normalized spacial score (nSPS) is 10.8. The first-order chi connectivity index (χ1) is 12.6. The highest BCUT2D eigenvalue weighted by molar-refractivity contribution is 6.36. The summed E-state index contributed by atoms with van der Waals surface area (Å²) in [7, 11) is 0. The molecule has 0 fully saturated rings. The molecule has 2 aromatic heterocycles. The van der Waals surface area contributed by atoms with Gasteiger partial charge in [-0.25, -0.2) is 4.98 Å². The molecule has 0 aliphatic heterocycles. The van der Waals surface area contributed by atoms with E-state index < -0.39 is 0 Å². The predicted octanol–water partition coefficient (Wildman–Crippen LogP) is 5.56. The van der Waals surface area contributed by atoms with E-state index in [0.29, 0.717) is 21.3 Å². The van der Waals surface area contributed by atoms with E-state index in [2.05, 4.69) is 10.3 Å². The Labute approximate surface area is 160 Å². The van der Waals surface area contributed by atoms with Crippen LogP contribution >= 0.6 is 23.2 Å². The van der Waals surface area contributed by atoms with Crippen LogP contribution in [0.4, 0.5) is 5.69 Å². The molecule has 4 nitrogen and oxygen atoms in total. The molecule has 6 heteroatoms. The van der Waals surface area contributed by atoms with Crippen LogP contribution in [0.3, 0.4) is 0 Å². The van der Waals surface area contributed by atoms with Crippen molar-refractivity contribution >= 4 is 40.4 Å². The number of anilines is 1. The van der Waals surface area contributed by atoms with E-state index in [1.165, 1.54) is 0 Å². The number of benzene rings is 2. The molecular weight excluding hydrogens is 369 g/mol. The summed E-state index contributed by atoms with van der Waals surface area (Å²) in [6, 6.07) is 18.1. The highest BCUT2D eigenvalue weighted by atomic mass is 35.5. The fourth-order valence-corrected chi connectivity index (χ4v) is 3.12. The first-order valence-electron chi connectivity index (χ1n) is 7.91. The Bertz CT molecular complexity index is 1090.